The van der Waals surface area contributed by atoms with Crippen LogP contribution in [0.4, 0.5) is 0 Å². The molecule has 4 N–H and O–H groups in total. The van der Waals surface area contributed by atoms with Gasteiger partial charge in [0.1, 0.15) is 0 Å². The Labute approximate surface area is 194 Å². The van der Waals surface area contributed by atoms with Gasteiger partial charge in [-0.25, -0.2) is 0 Å². The van der Waals surface area contributed by atoms with E-state index in [1.165, 1.54) is 0 Å². The summed E-state index contributed by atoms with van der Waals surface area (Å²) in [4.78, 5) is 11.2. The Kier molecular flexibility index (Phi) is 6.77. The maximum atomic E-state index is 11.4. The van der Waals surface area contributed by atoms with E-state index in [1.807, 2.05) is 0 Å². The van der Waals surface area contributed by atoms with E-state index in [0.29, 0.717) is 30.1 Å². The molecule has 0 radical (unpaired) electrons. The lowest BCUT2D eigenvalue weighted by Crippen LogP contribution is -2.60. The second-order valence-electron chi connectivity index (χ2n) is 12.7. The van der Waals surface area contributed by atoms with Crippen LogP contribution in [-0.4, -0.2) is 44.7 Å². The highest BCUT2D eigenvalue weighted by molar-refractivity contribution is 5.69. The molecule has 4 fully saturated rings. The van der Waals surface area contributed by atoms with Crippen molar-refractivity contribution in [3.63, 3.8) is 0 Å². The Balaban J connectivity index is 1.50. The van der Waals surface area contributed by atoms with Gasteiger partial charge in [-0.2, -0.15) is 0 Å². The number of carbonyl (C=O) groups is 1. The third kappa shape index (κ3) is 3.94. The molecule has 5 nitrogen and oxygen atoms in total. The molecule has 32 heavy (non-hydrogen) atoms. The fourth-order valence-electron chi connectivity index (χ4n) is 9.25. The molecule has 184 valence electrons. The van der Waals surface area contributed by atoms with Gasteiger partial charge in [0.25, 0.3) is 0 Å². The molecule has 5 heteroatoms. The lowest BCUT2D eigenvalue weighted by atomic mass is 9.43. The molecule has 12 atom stereocenters. The minimum Gasteiger partial charge on any atom is -0.481 e. The topological polar surface area (TPSA) is 98.0 Å². The molecule has 4 rings (SSSR count). The first kappa shape index (κ1) is 24.5. The molecule has 0 spiro atoms. The third-order valence-electron chi connectivity index (χ3n) is 11.1. The van der Waals surface area contributed by atoms with Crippen molar-refractivity contribution in [1.82, 2.24) is 0 Å². The Morgan fingerprint density at radius 2 is 1.62 bits per heavy atom. The summed E-state index contributed by atoms with van der Waals surface area (Å²) in [6, 6.07) is 0. The first-order valence-electron chi connectivity index (χ1n) is 13.3. The first-order chi connectivity index (χ1) is 15.0. The van der Waals surface area contributed by atoms with Crippen LogP contribution in [0.3, 0.4) is 0 Å². The van der Waals surface area contributed by atoms with Gasteiger partial charge in [-0.1, -0.05) is 40.5 Å². The van der Waals surface area contributed by atoms with E-state index in [4.69, 9.17) is 0 Å². The monoisotopic (exact) mass is 450 g/mol. The molecule has 0 aromatic rings. The van der Waals surface area contributed by atoms with Crippen LogP contribution in [0.15, 0.2) is 0 Å². The zero-order chi connectivity index (χ0) is 23.4. The van der Waals surface area contributed by atoms with Crippen LogP contribution < -0.4 is 0 Å². The van der Waals surface area contributed by atoms with Crippen LogP contribution in [0.1, 0.15) is 91.9 Å². The van der Waals surface area contributed by atoms with Crippen molar-refractivity contribution in [1.29, 1.82) is 0 Å². The Morgan fingerprint density at radius 3 is 2.31 bits per heavy atom. The van der Waals surface area contributed by atoms with Crippen molar-refractivity contribution in [3.8, 4) is 0 Å². The van der Waals surface area contributed by atoms with Crippen LogP contribution in [0, 0.1) is 52.3 Å². The molecule has 0 saturated heterocycles. The number of fused-ring (bicyclic) bond motifs is 5. The largest absolute Gasteiger partial charge is 0.481 e. The van der Waals surface area contributed by atoms with Crippen molar-refractivity contribution < 1.29 is 25.2 Å². The summed E-state index contributed by atoms with van der Waals surface area (Å²) in [7, 11) is 0. The van der Waals surface area contributed by atoms with Gasteiger partial charge in [0.05, 0.1) is 24.2 Å². The van der Waals surface area contributed by atoms with Crippen LogP contribution in [0.5, 0.6) is 0 Å². The molecule has 0 amide bonds. The van der Waals surface area contributed by atoms with Gasteiger partial charge < -0.3 is 20.4 Å². The summed E-state index contributed by atoms with van der Waals surface area (Å²) in [5.74, 6) is 0.984. The summed E-state index contributed by atoms with van der Waals surface area (Å²) >= 11 is 0. The Hall–Kier alpha value is -0.650. The van der Waals surface area contributed by atoms with Crippen LogP contribution in [0.25, 0.3) is 0 Å². The quantitative estimate of drug-likeness (QED) is 0.478. The van der Waals surface area contributed by atoms with Gasteiger partial charge in [-0.15, -0.1) is 0 Å². The minimum absolute atomic E-state index is 0.0385. The summed E-state index contributed by atoms with van der Waals surface area (Å²) in [5.41, 5.74) is 0.206. The number of aliphatic hydroxyl groups excluding tert-OH is 3. The molecule has 4 aliphatic carbocycles. The SMILES string of the molecule is CC(CCC[C@@H](C)[C@H]1C[C@H](O)[C@H]2[C@@H]3[C@H](O)C[C@@H]4C[C@H](O)CC[C@]4(C)[C@H]3CC[C@@]21C)C(=O)O. The number of hydrogen-bond donors (Lipinski definition) is 4. The van der Waals surface area contributed by atoms with E-state index < -0.39 is 5.97 Å². The highest BCUT2D eigenvalue weighted by Gasteiger charge is 2.65. The molecule has 0 heterocycles. The lowest BCUT2D eigenvalue weighted by Gasteiger charge is -2.62. The normalized spacial score (nSPS) is 50.1. The second-order valence-corrected chi connectivity index (χ2v) is 12.7. The average Bonchev–Trinajstić information content (AvgIpc) is 3.00. The Bertz CT molecular complexity index is 696. The molecule has 0 bridgehead atoms. The van der Waals surface area contributed by atoms with Gasteiger partial charge in [-0.3, -0.25) is 4.79 Å². The number of aliphatic carboxylic acids is 1. The van der Waals surface area contributed by atoms with Crippen molar-refractivity contribution >= 4 is 5.97 Å². The highest BCUT2D eigenvalue weighted by atomic mass is 16.4. The molecule has 0 aromatic heterocycles. The fourth-order valence-corrected chi connectivity index (χ4v) is 9.25. The van der Waals surface area contributed by atoms with Crippen LogP contribution in [0.2, 0.25) is 0 Å². The third-order valence-corrected chi connectivity index (χ3v) is 11.1. The smallest absolute Gasteiger partial charge is 0.306 e. The number of rotatable bonds is 6. The summed E-state index contributed by atoms with van der Waals surface area (Å²) in [6.07, 6.45) is 8.18. The minimum atomic E-state index is -0.715. The summed E-state index contributed by atoms with van der Waals surface area (Å²) in [5, 5.41) is 42.1. The number of carboxylic acid groups (broad SMARTS) is 1. The van der Waals surface area contributed by atoms with E-state index in [0.717, 1.165) is 57.8 Å². The van der Waals surface area contributed by atoms with Crippen LogP contribution >= 0.6 is 0 Å². The Morgan fingerprint density at radius 1 is 0.938 bits per heavy atom. The number of hydrogen-bond acceptors (Lipinski definition) is 4. The highest BCUT2D eigenvalue weighted by Crippen LogP contribution is 2.68. The molecule has 1 unspecified atom stereocenters. The van der Waals surface area contributed by atoms with E-state index in [9.17, 15) is 25.2 Å². The molecular formula is C27H46O5. The summed E-state index contributed by atoms with van der Waals surface area (Å²) in [6.45, 7) is 8.85. The molecule has 4 saturated carbocycles. The van der Waals surface area contributed by atoms with Gasteiger partial charge in [0.15, 0.2) is 0 Å². The average molecular weight is 451 g/mol. The number of aliphatic hydroxyl groups is 3. The molecule has 0 aliphatic heterocycles. The van der Waals surface area contributed by atoms with Gasteiger partial charge >= 0.3 is 5.97 Å². The molecular weight excluding hydrogens is 404 g/mol. The van der Waals surface area contributed by atoms with Crippen molar-refractivity contribution in [3.05, 3.63) is 0 Å². The first-order valence-corrected chi connectivity index (χ1v) is 13.3. The van der Waals surface area contributed by atoms with Crippen molar-refractivity contribution in [2.75, 3.05) is 0 Å². The number of carboxylic acids is 1. The van der Waals surface area contributed by atoms with Gasteiger partial charge in [0.2, 0.25) is 0 Å². The van der Waals surface area contributed by atoms with Gasteiger partial charge in [-0.05, 0) is 97.7 Å². The zero-order valence-corrected chi connectivity index (χ0v) is 20.5. The van der Waals surface area contributed by atoms with Crippen LogP contribution in [-0.2, 0) is 4.79 Å². The van der Waals surface area contributed by atoms with Crippen molar-refractivity contribution in [2.24, 2.45) is 52.3 Å². The second kappa shape index (κ2) is 8.85. The molecule has 4 aliphatic rings. The maximum absolute atomic E-state index is 11.4. The van der Waals surface area contributed by atoms with E-state index in [1.54, 1.807) is 6.92 Å². The standard InChI is InChI=1S/C27H46O5/c1-15(6-5-7-16(2)25(31)32)20-14-22(30)24-23-19(9-11-27(20,24)4)26(3)10-8-18(28)12-17(26)13-21(23)29/h15-24,28-30H,5-14H2,1-4H3,(H,31,32)/t15-,16?,17+,18-,19+,20-,21-,22+,23+,24+,26+,27-/m1/s1. The van der Waals surface area contributed by atoms with E-state index in [-0.39, 0.29) is 46.9 Å². The predicted molar refractivity (Wildman–Crippen MR) is 124 cm³/mol. The lowest BCUT2D eigenvalue weighted by molar-refractivity contribution is -0.185. The molecule has 0 aromatic carbocycles. The fraction of sp³-hybridized carbons (Fsp3) is 0.963. The van der Waals surface area contributed by atoms with E-state index in [2.05, 4.69) is 20.8 Å². The predicted octanol–water partition coefficient (Wildman–Crippen LogP) is 4.47. The zero-order valence-electron chi connectivity index (χ0n) is 20.5. The van der Waals surface area contributed by atoms with Gasteiger partial charge in [0, 0.05) is 0 Å². The van der Waals surface area contributed by atoms with E-state index >= 15 is 0 Å². The van der Waals surface area contributed by atoms with Crippen molar-refractivity contribution in [2.45, 2.75) is 110 Å². The maximum Gasteiger partial charge on any atom is 0.306 e. The summed E-state index contributed by atoms with van der Waals surface area (Å²) < 4.78 is 0.